The second-order valence-corrected chi connectivity index (χ2v) is 6.97. The number of hydrogen-bond acceptors (Lipinski definition) is 4. The fourth-order valence-corrected chi connectivity index (χ4v) is 3.59. The zero-order chi connectivity index (χ0) is 20.0. The number of aromatic nitrogens is 1. The van der Waals surface area contributed by atoms with Crippen molar-refractivity contribution in [3.8, 4) is 6.07 Å². The van der Waals surface area contributed by atoms with E-state index in [4.69, 9.17) is 4.74 Å². The van der Waals surface area contributed by atoms with Crippen LogP contribution >= 0.6 is 0 Å². The largest absolute Gasteiger partial charge is 0.466 e. The van der Waals surface area contributed by atoms with E-state index in [0.717, 1.165) is 29.9 Å². The summed E-state index contributed by atoms with van der Waals surface area (Å²) < 4.78 is 7.27. The third-order valence-electron chi connectivity index (χ3n) is 5.11. The third kappa shape index (κ3) is 4.79. The summed E-state index contributed by atoms with van der Waals surface area (Å²) in [4.78, 5) is 26.3. The Labute approximate surface area is 161 Å². The van der Waals surface area contributed by atoms with Crippen LogP contribution in [0.1, 0.15) is 50.1 Å². The topological polar surface area (TPSA) is 75.3 Å². The molecule has 0 unspecified atom stereocenters. The maximum absolute atomic E-state index is 12.8. The van der Waals surface area contributed by atoms with E-state index in [0.29, 0.717) is 32.5 Å². The fourth-order valence-electron chi connectivity index (χ4n) is 3.59. The lowest BCUT2D eigenvalue weighted by Crippen LogP contribution is -2.41. The van der Waals surface area contributed by atoms with E-state index in [1.807, 2.05) is 19.9 Å². The molecular formula is C21H29N3O3. The lowest BCUT2D eigenvalue weighted by molar-refractivity contribution is -0.150. The molecule has 0 radical (unpaired) electrons. The van der Waals surface area contributed by atoms with Crippen LogP contribution in [-0.4, -0.2) is 41.0 Å². The zero-order valence-corrected chi connectivity index (χ0v) is 16.7. The van der Waals surface area contributed by atoms with Gasteiger partial charge in [0.05, 0.1) is 12.5 Å². The van der Waals surface area contributed by atoms with E-state index in [2.05, 4.69) is 17.6 Å². The molecule has 1 aromatic rings. The monoisotopic (exact) mass is 371 g/mol. The van der Waals surface area contributed by atoms with E-state index >= 15 is 0 Å². The van der Waals surface area contributed by atoms with Crippen LogP contribution in [0.3, 0.4) is 0 Å². The standard InChI is InChI=1S/C21H29N3O3/c1-5-9-24-15(3)12-18(16(24)4)13-19(14-22)20(25)23-10-7-17(8-11-23)21(26)27-6-2/h12-13,17H,5-11H2,1-4H3. The van der Waals surface area contributed by atoms with Crippen molar-refractivity contribution in [3.63, 3.8) is 0 Å². The molecule has 2 rings (SSSR count). The summed E-state index contributed by atoms with van der Waals surface area (Å²) >= 11 is 0. The highest BCUT2D eigenvalue weighted by atomic mass is 16.5. The maximum Gasteiger partial charge on any atom is 0.309 e. The highest BCUT2D eigenvalue weighted by molar-refractivity contribution is 6.02. The average molecular weight is 371 g/mol. The quantitative estimate of drug-likeness (QED) is 0.437. The van der Waals surface area contributed by atoms with Crippen LogP contribution < -0.4 is 0 Å². The Balaban J connectivity index is 2.11. The van der Waals surface area contributed by atoms with Gasteiger partial charge in [0, 0.05) is 31.0 Å². The van der Waals surface area contributed by atoms with Gasteiger partial charge >= 0.3 is 5.97 Å². The van der Waals surface area contributed by atoms with Crippen LogP contribution in [0, 0.1) is 31.1 Å². The zero-order valence-electron chi connectivity index (χ0n) is 16.7. The van der Waals surface area contributed by atoms with Crippen molar-refractivity contribution >= 4 is 18.0 Å². The third-order valence-corrected chi connectivity index (χ3v) is 5.11. The predicted octanol–water partition coefficient (Wildman–Crippen LogP) is 3.22. The summed E-state index contributed by atoms with van der Waals surface area (Å²) in [6, 6.07) is 4.08. The minimum atomic E-state index is -0.264. The predicted molar refractivity (Wildman–Crippen MR) is 104 cm³/mol. The average Bonchev–Trinajstić information content (AvgIpc) is 2.93. The Bertz CT molecular complexity index is 762. The van der Waals surface area contributed by atoms with Crippen molar-refractivity contribution in [3.05, 3.63) is 28.6 Å². The first-order valence-electron chi connectivity index (χ1n) is 9.67. The Hall–Kier alpha value is -2.55. The van der Waals surface area contributed by atoms with Crippen molar-refractivity contribution in [2.45, 2.75) is 53.5 Å². The van der Waals surface area contributed by atoms with Crippen LogP contribution in [-0.2, 0) is 20.9 Å². The highest BCUT2D eigenvalue weighted by Gasteiger charge is 2.29. The number of nitrogens with zero attached hydrogens (tertiary/aromatic N) is 3. The summed E-state index contributed by atoms with van der Waals surface area (Å²) in [7, 11) is 0. The molecule has 0 aromatic carbocycles. The van der Waals surface area contributed by atoms with E-state index in [-0.39, 0.29) is 23.4 Å². The Morgan fingerprint density at radius 1 is 1.30 bits per heavy atom. The first kappa shape index (κ1) is 20.8. The summed E-state index contributed by atoms with van der Waals surface area (Å²) in [5.74, 6) is -0.611. The normalized spacial score (nSPS) is 15.5. The molecule has 0 spiro atoms. The molecule has 1 amide bonds. The molecule has 1 fully saturated rings. The van der Waals surface area contributed by atoms with Crippen molar-refractivity contribution in [2.24, 2.45) is 5.92 Å². The number of aryl methyl sites for hydroxylation is 1. The number of piperidine rings is 1. The number of carbonyl (C=O) groups is 2. The lowest BCUT2D eigenvalue weighted by atomic mass is 9.96. The number of carbonyl (C=O) groups excluding carboxylic acids is 2. The van der Waals surface area contributed by atoms with Crippen LogP contribution in [0.15, 0.2) is 11.6 Å². The molecule has 0 bridgehead atoms. The first-order chi connectivity index (χ1) is 12.9. The molecule has 146 valence electrons. The number of likely N-dealkylation sites (tertiary alicyclic amines) is 1. The van der Waals surface area contributed by atoms with E-state index in [1.165, 1.54) is 0 Å². The van der Waals surface area contributed by atoms with Crippen molar-refractivity contribution in [1.29, 1.82) is 5.26 Å². The van der Waals surface area contributed by atoms with Gasteiger partial charge in [-0.3, -0.25) is 9.59 Å². The second-order valence-electron chi connectivity index (χ2n) is 6.97. The Kier molecular flexibility index (Phi) is 7.23. The molecule has 0 N–H and O–H groups in total. The molecule has 6 heteroatoms. The SMILES string of the molecule is CCCn1c(C)cc(C=C(C#N)C(=O)N2CCC(C(=O)OCC)CC2)c1C. The van der Waals surface area contributed by atoms with Crippen LogP contribution in [0.4, 0.5) is 0 Å². The Morgan fingerprint density at radius 2 is 1.96 bits per heavy atom. The van der Waals surface area contributed by atoms with E-state index in [1.54, 1.807) is 17.9 Å². The number of hydrogen-bond donors (Lipinski definition) is 0. The molecule has 0 aliphatic carbocycles. The highest BCUT2D eigenvalue weighted by Crippen LogP contribution is 2.22. The number of esters is 1. The second kappa shape index (κ2) is 9.40. The van der Waals surface area contributed by atoms with Gasteiger partial charge in [0.1, 0.15) is 11.6 Å². The van der Waals surface area contributed by atoms with Crippen LogP contribution in [0.5, 0.6) is 0 Å². The molecule has 6 nitrogen and oxygen atoms in total. The maximum atomic E-state index is 12.8. The minimum Gasteiger partial charge on any atom is -0.466 e. The van der Waals surface area contributed by atoms with Gasteiger partial charge < -0.3 is 14.2 Å². The van der Waals surface area contributed by atoms with Gasteiger partial charge in [-0.25, -0.2) is 0 Å². The van der Waals surface area contributed by atoms with Crippen LogP contribution in [0.25, 0.3) is 6.08 Å². The van der Waals surface area contributed by atoms with Gasteiger partial charge in [-0.15, -0.1) is 0 Å². The number of ether oxygens (including phenoxy) is 1. The molecular weight excluding hydrogens is 342 g/mol. The van der Waals surface area contributed by atoms with Crippen LogP contribution in [0.2, 0.25) is 0 Å². The van der Waals surface area contributed by atoms with Gasteiger partial charge in [0.15, 0.2) is 0 Å². The van der Waals surface area contributed by atoms with Crippen molar-refractivity contribution < 1.29 is 14.3 Å². The van der Waals surface area contributed by atoms with Gasteiger partial charge in [-0.05, 0) is 57.7 Å². The summed E-state index contributed by atoms with van der Waals surface area (Å²) in [5.41, 5.74) is 3.24. The molecule has 2 heterocycles. The summed E-state index contributed by atoms with van der Waals surface area (Å²) in [6.07, 6.45) is 3.87. The van der Waals surface area contributed by atoms with Gasteiger partial charge in [0.25, 0.3) is 5.91 Å². The van der Waals surface area contributed by atoms with E-state index < -0.39 is 0 Å². The number of rotatable bonds is 6. The van der Waals surface area contributed by atoms with Gasteiger partial charge in [0.2, 0.25) is 0 Å². The molecule has 1 aromatic heterocycles. The fraction of sp³-hybridized carbons (Fsp3) is 0.571. The summed E-state index contributed by atoms with van der Waals surface area (Å²) in [6.45, 7) is 10.2. The van der Waals surface area contributed by atoms with Gasteiger partial charge in [-0.1, -0.05) is 6.92 Å². The van der Waals surface area contributed by atoms with Gasteiger partial charge in [-0.2, -0.15) is 5.26 Å². The molecule has 1 aliphatic rings. The lowest BCUT2D eigenvalue weighted by Gasteiger charge is -2.30. The minimum absolute atomic E-state index is 0.140. The Morgan fingerprint density at radius 3 is 2.52 bits per heavy atom. The van der Waals surface area contributed by atoms with Crippen molar-refractivity contribution in [1.82, 2.24) is 9.47 Å². The smallest absolute Gasteiger partial charge is 0.309 e. The summed E-state index contributed by atoms with van der Waals surface area (Å²) in [5, 5.41) is 9.52. The van der Waals surface area contributed by atoms with Crippen molar-refractivity contribution in [2.75, 3.05) is 19.7 Å². The first-order valence-corrected chi connectivity index (χ1v) is 9.67. The molecule has 0 atom stereocenters. The molecule has 1 saturated heterocycles. The molecule has 0 saturated carbocycles. The molecule has 27 heavy (non-hydrogen) atoms. The number of amides is 1. The number of nitriles is 1. The van der Waals surface area contributed by atoms with E-state index in [9.17, 15) is 14.9 Å². The molecule has 1 aliphatic heterocycles.